The standard InChI is InChI=1S/C15H21NO6S/c1-21-8-7-16(12-6-9-23(19,20)10-12)11-22-14-5-3-2-4-13(14)15(17)18/h2-5,12H,6-11H2,1H3,(H,17,18). The number of carbonyl (C=O) groups is 1. The van der Waals surface area contributed by atoms with Gasteiger partial charge in [-0.2, -0.15) is 0 Å². The van der Waals surface area contributed by atoms with E-state index in [0.29, 0.717) is 19.6 Å². The topological polar surface area (TPSA) is 93.1 Å². The summed E-state index contributed by atoms with van der Waals surface area (Å²) in [6.45, 7) is 1.08. The molecular formula is C15H21NO6S. The van der Waals surface area contributed by atoms with E-state index >= 15 is 0 Å². The van der Waals surface area contributed by atoms with Crippen molar-refractivity contribution in [3.63, 3.8) is 0 Å². The van der Waals surface area contributed by atoms with Crippen molar-refractivity contribution in [2.24, 2.45) is 0 Å². The van der Waals surface area contributed by atoms with Crippen LogP contribution in [-0.4, -0.2) is 68.9 Å². The van der Waals surface area contributed by atoms with Crippen molar-refractivity contribution in [3.05, 3.63) is 29.8 Å². The molecule has 1 fully saturated rings. The molecule has 0 amide bonds. The molecule has 1 saturated heterocycles. The van der Waals surface area contributed by atoms with E-state index in [9.17, 15) is 13.2 Å². The van der Waals surface area contributed by atoms with Gasteiger partial charge in [0.2, 0.25) is 0 Å². The molecule has 1 heterocycles. The van der Waals surface area contributed by atoms with Gasteiger partial charge in [0.1, 0.15) is 18.0 Å². The molecule has 1 aliphatic heterocycles. The van der Waals surface area contributed by atoms with Crippen LogP contribution < -0.4 is 4.74 Å². The molecule has 128 valence electrons. The van der Waals surface area contributed by atoms with E-state index in [1.165, 1.54) is 6.07 Å². The predicted molar refractivity (Wildman–Crippen MR) is 84.5 cm³/mol. The molecule has 0 spiro atoms. The minimum atomic E-state index is -3.00. The molecule has 8 heteroatoms. The summed E-state index contributed by atoms with van der Waals surface area (Å²) in [7, 11) is -1.43. The van der Waals surface area contributed by atoms with Crippen molar-refractivity contribution in [1.29, 1.82) is 0 Å². The highest BCUT2D eigenvalue weighted by atomic mass is 32.2. The Morgan fingerprint density at radius 3 is 2.74 bits per heavy atom. The summed E-state index contributed by atoms with van der Waals surface area (Å²) < 4.78 is 34.0. The molecule has 1 unspecified atom stereocenters. The summed E-state index contributed by atoms with van der Waals surface area (Å²) in [6, 6.07) is 6.25. The van der Waals surface area contributed by atoms with Crippen LogP contribution in [-0.2, 0) is 14.6 Å². The van der Waals surface area contributed by atoms with Crippen LogP contribution in [0, 0.1) is 0 Å². The molecule has 1 N–H and O–H groups in total. The van der Waals surface area contributed by atoms with Crippen LogP contribution in [0.2, 0.25) is 0 Å². The number of ether oxygens (including phenoxy) is 2. The second kappa shape index (κ2) is 7.76. The summed E-state index contributed by atoms with van der Waals surface area (Å²) in [6.07, 6.45) is 0.552. The number of aromatic carboxylic acids is 1. The van der Waals surface area contributed by atoms with Gasteiger partial charge in [-0.25, -0.2) is 13.2 Å². The summed E-state index contributed by atoms with van der Waals surface area (Å²) in [5.74, 6) is -0.524. The van der Waals surface area contributed by atoms with Crippen molar-refractivity contribution in [3.8, 4) is 5.75 Å². The van der Waals surface area contributed by atoms with Gasteiger partial charge in [0.05, 0.1) is 18.1 Å². The van der Waals surface area contributed by atoms with Gasteiger partial charge in [0.25, 0.3) is 0 Å². The van der Waals surface area contributed by atoms with E-state index in [1.54, 1.807) is 25.3 Å². The normalized spacial score (nSPS) is 19.8. The third kappa shape index (κ3) is 4.92. The van der Waals surface area contributed by atoms with Crippen LogP contribution in [0.15, 0.2) is 24.3 Å². The number of benzene rings is 1. The number of hydrogen-bond acceptors (Lipinski definition) is 6. The van der Waals surface area contributed by atoms with Gasteiger partial charge in [0.15, 0.2) is 9.84 Å². The number of carboxylic acid groups (broad SMARTS) is 1. The average Bonchev–Trinajstić information content (AvgIpc) is 2.87. The Labute approximate surface area is 135 Å². The molecular weight excluding hydrogens is 322 g/mol. The van der Waals surface area contributed by atoms with Gasteiger partial charge in [-0.3, -0.25) is 4.90 Å². The highest BCUT2D eigenvalue weighted by molar-refractivity contribution is 7.91. The number of sulfone groups is 1. The Morgan fingerprint density at radius 2 is 2.13 bits per heavy atom. The lowest BCUT2D eigenvalue weighted by Crippen LogP contribution is -2.41. The fourth-order valence-electron chi connectivity index (χ4n) is 2.55. The molecule has 0 bridgehead atoms. The third-order valence-electron chi connectivity index (χ3n) is 3.81. The molecule has 7 nitrogen and oxygen atoms in total. The van der Waals surface area contributed by atoms with Gasteiger partial charge in [-0.05, 0) is 18.6 Å². The molecule has 0 aliphatic carbocycles. The maximum absolute atomic E-state index is 11.7. The summed E-state index contributed by atoms with van der Waals surface area (Å²) in [4.78, 5) is 13.1. The van der Waals surface area contributed by atoms with Crippen LogP contribution in [0.3, 0.4) is 0 Å². The van der Waals surface area contributed by atoms with Crippen LogP contribution in [0.25, 0.3) is 0 Å². The zero-order valence-electron chi connectivity index (χ0n) is 13.0. The van der Waals surface area contributed by atoms with Gasteiger partial charge in [-0.15, -0.1) is 0 Å². The Kier molecular flexibility index (Phi) is 5.97. The van der Waals surface area contributed by atoms with Crippen LogP contribution in [0.1, 0.15) is 16.8 Å². The van der Waals surface area contributed by atoms with Crippen molar-refractivity contribution >= 4 is 15.8 Å². The minimum absolute atomic E-state index is 0.0817. The van der Waals surface area contributed by atoms with Crippen LogP contribution >= 0.6 is 0 Å². The highest BCUT2D eigenvalue weighted by Gasteiger charge is 2.32. The monoisotopic (exact) mass is 343 g/mol. The van der Waals surface area contributed by atoms with Crippen LogP contribution in [0.5, 0.6) is 5.75 Å². The predicted octanol–water partition coefficient (Wildman–Crippen LogP) is 0.857. The van der Waals surface area contributed by atoms with Gasteiger partial charge < -0.3 is 14.6 Å². The molecule has 1 atom stereocenters. The van der Waals surface area contributed by atoms with Gasteiger partial charge in [-0.1, -0.05) is 12.1 Å². The molecule has 1 aliphatic rings. The first-order chi connectivity index (χ1) is 10.9. The Morgan fingerprint density at radius 1 is 1.39 bits per heavy atom. The summed E-state index contributed by atoms with van der Waals surface area (Å²) in [5, 5.41) is 9.16. The zero-order chi connectivity index (χ0) is 16.9. The maximum atomic E-state index is 11.7. The Bertz CT molecular complexity index is 645. The van der Waals surface area contributed by atoms with Crippen molar-refractivity contribution in [1.82, 2.24) is 4.90 Å². The Hall–Kier alpha value is -1.64. The van der Waals surface area contributed by atoms with Gasteiger partial charge in [0, 0.05) is 19.7 Å². The largest absolute Gasteiger partial charge is 0.478 e. The van der Waals surface area contributed by atoms with E-state index in [-0.39, 0.29) is 35.6 Å². The lowest BCUT2D eigenvalue weighted by molar-refractivity contribution is 0.0586. The van der Waals surface area contributed by atoms with Crippen molar-refractivity contribution < 1.29 is 27.8 Å². The molecule has 2 rings (SSSR count). The lowest BCUT2D eigenvalue weighted by atomic mass is 10.2. The van der Waals surface area contributed by atoms with E-state index in [1.807, 2.05) is 4.90 Å². The van der Waals surface area contributed by atoms with E-state index in [0.717, 1.165) is 0 Å². The minimum Gasteiger partial charge on any atom is -0.478 e. The fraction of sp³-hybridized carbons (Fsp3) is 0.533. The smallest absolute Gasteiger partial charge is 0.339 e. The first-order valence-electron chi connectivity index (χ1n) is 7.31. The SMILES string of the molecule is COCCN(COc1ccccc1C(=O)O)C1CCS(=O)(=O)C1. The second-order valence-corrected chi connectivity index (χ2v) is 7.67. The van der Waals surface area contributed by atoms with Crippen molar-refractivity contribution in [2.75, 3.05) is 38.5 Å². The van der Waals surface area contributed by atoms with E-state index in [2.05, 4.69) is 0 Å². The molecule has 1 aromatic rings. The summed E-state index contributed by atoms with van der Waals surface area (Å²) >= 11 is 0. The van der Waals surface area contributed by atoms with Gasteiger partial charge >= 0.3 is 5.97 Å². The summed E-state index contributed by atoms with van der Waals surface area (Å²) in [5.41, 5.74) is 0.0817. The highest BCUT2D eigenvalue weighted by Crippen LogP contribution is 2.21. The maximum Gasteiger partial charge on any atom is 0.339 e. The lowest BCUT2D eigenvalue weighted by Gasteiger charge is -2.27. The Balaban J connectivity index is 2.05. The number of methoxy groups -OCH3 is 1. The average molecular weight is 343 g/mol. The number of carboxylic acids is 1. The third-order valence-corrected chi connectivity index (χ3v) is 5.56. The fourth-order valence-corrected chi connectivity index (χ4v) is 4.31. The first kappa shape index (κ1) is 17.7. The molecule has 1 aromatic carbocycles. The molecule has 0 radical (unpaired) electrons. The van der Waals surface area contributed by atoms with E-state index < -0.39 is 15.8 Å². The number of nitrogens with zero attached hydrogens (tertiary/aromatic N) is 1. The second-order valence-electron chi connectivity index (χ2n) is 5.44. The first-order valence-corrected chi connectivity index (χ1v) is 9.13. The zero-order valence-corrected chi connectivity index (χ0v) is 13.8. The molecule has 0 saturated carbocycles. The number of para-hydroxylation sites is 1. The van der Waals surface area contributed by atoms with Crippen molar-refractivity contribution in [2.45, 2.75) is 12.5 Å². The quantitative estimate of drug-likeness (QED) is 0.700. The molecule has 0 aromatic heterocycles. The van der Waals surface area contributed by atoms with E-state index in [4.69, 9.17) is 14.6 Å². The number of hydrogen-bond donors (Lipinski definition) is 1. The molecule has 23 heavy (non-hydrogen) atoms. The van der Waals surface area contributed by atoms with Crippen LogP contribution in [0.4, 0.5) is 0 Å². The number of rotatable bonds is 8.